The lowest BCUT2D eigenvalue weighted by atomic mass is 9.74. The van der Waals surface area contributed by atoms with Crippen molar-refractivity contribution in [2.24, 2.45) is 28.6 Å². The van der Waals surface area contributed by atoms with E-state index >= 15 is 0 Å². The number of ketones is 2. The van der Waals surface area contributed by atoms with Crippen LogP contribution in [-0.4, -0.2) is 83.0 Å². The van der Waals surface area contributed by atoms with Gasteiger partial charge in [0, 0.05) is 31.1 Å². The lowest BCUT2D eigenvalue weighted by Crippen LogP contribution is -2.62. The maximum atomic E-state index is 14.4. The maximum Gasteiger partial charge on any atom is 0.316 e. The Labute approximate surface area is 275 Å². The van der Waals surface area contributed by atoms with Crippen LogP contribution >= 0.6 is 11.3 Å². The van der Waals surface area contributed by atoms with E-state index in [-0.39, 0.29) is 29.2 Å². The fourth-order valence-corrected chi connectivity index (χ4v) is 6.63. The van der Waals surface area contributed by atoms with Gasteiger partial charge in [0.2, 0.25) is 23.4 Å². The SMILES string of the molecule is C=C1CN(C(=O)[C@@H](NC(=O)N[C@H](C(=O)c2nccs2)C(C)C)C(C)(C)C)[C@H](C(=O)NC(CC2CC2)C(=O)C(=O)NC)[C@H]1C(C)(C)C. The van der Waals surface area contributed by atoms with Crippen molar-refractivity contribution in [1.29, 1.82) is 0 Å². The van der Waals surface area contributed by atoms with E-state index in [1.807, 2.05) is 20.8 Å². The fourth-order valence-electron chi connectivity index (χ4n) is 6.01. The average molecular weight is 659 g/mol. The number of hydrogen-bond acceptors (Lipinski definition) is 8. The van der Waals surface area contributed by atoms with E-state index in [9.17, 15) is 28.8 Å². The summed E-state index contributed by atoms with van der Waals surface area (Å²) >= 11 is 1.18. The van der Waals surface area contributed by atoms with Crippen LogP contribution in [0, 0.1) is 28.6 Å². The molecule has 0 spiro atoms. The highest BCUT2D eigenvalue weighted by atomic mass is 32.1. The number of nitrogens with one attached hydrogen (secondary N) is 4. The molecular formula is C33H50N6O6S. The van der Waals surface area contributed by atoms with Gasteiger partial charge in [-0.3, -0.25) is 24.0 Å². The number of aromatic nitrogens is 1. The Morgan fingerprint density at radius 3 is 2.13 bits per heavy atom. The molecule has 2 heterocycles. The fraction of sp³-hybridized carbons (Fsp3) is 0.667. The second kappa shape index (κ2) is 14.4. The van der Waals surface area contributed by atoms with Gasteiger partial charge >= 0.3 is 6.03 Å². The molecule has 46 heavy (non-hydrogen) atoms. The molecule has 1 aliphatic heterocycles. The molecule has 5 atom stereocenters. The first-order valence-corrected chi connectivity index (χ1v) is 16.7. The van der Waals surface area contributed by atoms with Gasteiger partial charge in [-0.2, -0.15) is 0 Å². The van der Waals surface area contributed by atoms with Crippen molar-refractivity contribution >= 4 is 46.7 Å². The van der Waals surface area contributed by atoms with E-state index in [1.165, 1.54) is 29.5 Å². The molecule has 0 aromatic carbocycles. The molecule has 2 aliphatic rings. The number of likely N-dealkylation sites (N-methyl/N-ethyl adjacent to an activating group) is 1. The van der Waals surface area contributed by atoms with Gasteiger partial charge in [-0.15, -0.1) is 11.3 Å². The molecule has 1 aromatic rings. The minimum atomic E-state index is -1.09. The van der Waals surface area contributed by atoms with Crippen molar-refractivity contribution in [3.8, 4) is 0 Å². The lowest BCUT2D eigenvalue weighted by Gasteiger charge is -2.38. The largest absolute Gasteiger partial charge is 0.353 e. The first kappa shape index (κ1) is 36.9. The molecule has 254 valence electrons. The van der Waals surface area contributed by atoms with Crippen LogP contribution in [0.2, 0.25) is 0 Å². The number of rotatable bonds is 12. The second-order valence-corrected chi connectivity index (χ2v) is 15.8. The average Bonchev–Trinajstić information content (AvgIpc) is 3.45. The Balaban J connectivity index is 1.91. The summed E-state index contributed by atoms with van der Waals surface area (Å²) in [5.74, 6) is -3.40. The summed E-state index contributed by atoms with van der Waals surface area (Å²) in [4.78, 5) is 85.8. The van der Waals surface area contributed by atoms with Crippen molar-refractivity contribution in [1.82, 2.24) is 31.2 Å². The third-order valence-electron chi connectivity index (χ3n) is 8.57. The van der Waals surface area contributed by atoms with Gasteiger partial charge in [0.25, 0.3) is 5.91 Å². The topological polar surface area (TPSA) is 167 Å². The number of hydrogen-bond donors (Lipinski definition) is 4. The van der Waals surface area contributed by atoms with Crippen LogP contribution in [0.5, 0.6) is 0 Å². The predicted molar refractivity (Wildman–Crippen MR) is 176 cm³/mol. The summed E-state index contributed by atoms with van der Waals surface area (Å²) in [5.41, 5.74) is -0.621. The molecule has 0 bridgehead atoms. The summed E-state index contributed by atoms with van der Waals surface area (Å²) in [6, 6.07) is -4.74. The van der Waals surface area contributed by atoms with E-state index in [2.05, 4.69) is 32.8 Å². The van der Waals surface area contributed by atoms with Gasteiger partial charge in [0.05, 0.1) is 12.1 Å². The highest BCUT2D eigenvalue weighted by Gasteiger charge is 2.52. The van der Waals surface area contributed by atoms with E-state index < -0.39 is 70.5 Å². The highest BCUT2D eigenvalue weighted by molar-refractivity contribution is 7.11. The number of thiazole rings is 1. The van der Waals surface area contributed by atoms with Crippen LogP contribution in [0.3, 0.4) is 0 Å². The molecule has 4 N–H and O–H groups in total. The number of carbonyl (C=O) groups excluding carboxylic acids is 6. The van der Waals surface area contributed by atoms with Crippen LogP contribution < -0.4 is 21.3 Å². The molecule has 12 nitrogen and oxygen atoms in total. The predicted octanol–water partition coefficient (Wildman–Crippen LogP) is 3.09. The first-order valence-electron chi connectivity index (χ1n) is 15.8. The van der Waals surface area contributed by atoms with Crippen LogP contribution in [0.1, 0.15) is 84.5 Å². The number of carbonyl (C=O) groups is 6. The number of urea groups is 1. The Morgan fingerprint density at radius 2 is 1.65 bits per heavy atom. The normalized spacial score (nSPS) is 20.5. The van der Waals surface area contributed by atoms with Crippen molar-refractivity contribution in [3.63, 3.8) is 0 Å². The Hall–Kier alpha value is -3.61. The number of Topliss-reactive ketones (excluding diaryl/α,β-unsaturated/α-hetero) is 2. The van der Waals surface area contributed by atoms with E-state index in [1.54, 1.807) is 40.0 Å². The minimum absolute atomic E-state index is 0.0720. The molecule has 2 fully saturated rings. The number of nitrogens with zero attached hydrogens (tertiary/aromatic N) is 2. The Morgan fingerprint density at radius 1 is 1.02 bits per heavy atom. The van der Waals surface area contributed by atoms with Gasteiger partial charge in [0.15, 0.2) is 5.01 Å². The van der Waals surface area contributed by atoms with Crippen LogP contribution in [-0.2, 0) is 19.2 Å². The molecule has 0 radical (unpaired) electrons. The lowest BCUT2D eigenvalue weighted by molar-refractivity contribution is -0.145. The van der Waals surface area contributed by atoms with E-state index in [0.717, 1.165) is 12.8 Å². The smallest absolute Gasteiger partial charge is 0.316 e. The molecule has 1 aromatic heterocycles. The van der Waals surface area contributed by atoms with Crippen molar-refractivity contribution in [3.05, 3.63) is 28.7 Å². The first-order chi connectivity index (χ1) is 21.3. The van der Waals surface area contributed by atoms with Gasteiger partial charge in [-0.25, -0.2) is 9.78 Å². The molecule has 1 unspecified atom stereocenters. The maximum absolute atomic E-state index is 14.4. The van der Waals surface area contributed by atoms with Gasteiger partial charge in [-0.1, -0.05) is 80.4 Å². The number of likely N-dealkylation sites (tertiary alicyclic amines) is 1. The Bertz CT molecular complexity index is 1340. The summed E-state index contributed by atoms with van der Waals surface area (Å²) in [5, 5.41) is 12.6. The minimum Gasteiger partial charge on any atom is -0.353 e. The van der Waals surface area contributed by atoms with Crippen LogP contribution in [0.25, 0.3) is 0 Å². The van der Waals surface area contributed by atoms with Crippen molar-refractivity contribution in [2.75, 3.05) is 13.6 Å². The molecule has 1 saturated carbocycles. The van der Waals surface area contributed by atoms with Crippen LogP contribution in [0.15, 0.2) is 23.7 Å². The summed E-state index contributed by atoms with van der Waals surface area (Å²) in [6.07, 6.45) is 3.68. The molecule has 1 aliphatic carbocycles. The Kier molecular flexibility index (Phi) is 11.6. The van der Waals surface area contributed by atoms with E-state index in [0.29, 0.717) is 12.0 Å². The summed E-state index contributed by atoms with van der Waals surface area (Å²) < 4.78 is 0. The zero-order chi connectivity index (χ0) is 34.7. The molecular weight excluding hydrogens is 608 g/mol. The van der Waals surface area contributed by atoms with Gasteiger partial charge in [0.1, 0.15) is 12.1 Å². The monoisotopic (exact) mass is 658 g/mol. The van der Waals surface area contributed by atoms with E-state index in [4.69, 9.17) is 0 Å². The standard InChI is InChI=1S/C33H50N6O6S/c1-17(2)22(25(41)29-35-13-14-46-29)37-31(45)38-26(33(7,8)9)30(44)39-16-18(3)21(32(4,5)6)23(39)27(42)36-20(15-19-11-12-19)24(40)28(43)34-10/h13-14,17,19-23,26H,3,11-12,15-16H2,1-2,4-10H3,(H,34,43)(H,36,42)(H2,37,38,45)/t20?,21-,22-,23-,26+/m0/s1. The molecule has 3 rings (SSSR count). The third kappa shape index (κ3) is 8.80. The molecule has 5 amide bonds. The zero-order valence-corrected chi connectivity index (χ0v) is 29.3. The molecule has 13 heteroatoms. The third-order valence-corrected chi connectivity index (χ3v) is 9.35. The van der Waals surface area contributed by atoms with Crippen molar-refractivity contribution in [2.45, 2.75) is 98.8 Å². The quantitative estimate of drug-likeness (QED) is 0.152. The number of amides is 5. The molecule has 1 saturated heterocycles. The summed E-state index contributed by atoms with van der Waals surface area (Å²) in [7, 11) is 1.36. The summed E-state index contributed by atoms with van der Waals surface area (Å²) in [6.45, 7) is 19.1. The zero-order valence-electron chi connectivity index (χ0n) is 28.5. The van der Waals surface area contributed by atoms with Crippen LogP contribution in [0.4, 0.5) is 4.79 Å². The highest BCUT2D eigenvalue weighted by Crippen LogP contribution is 2.42. The van der Waals surface area contributed by atoms with Crippen molar-refractivity contribution < 1.29 is 28.8 Å². The second-order valence-electron chi connectivity index (χ2n) is 14.9. The van der Waals surface area contributed by atoms with Gasteiger partial charge in [-0.05, 0) is 29.1 Å². The van der Waals surface area contributed by atoms with Gasteiger partial charge < -0.3 is 26.2 Å².